The lowest BCUT2D eigenvalue weighted by molar-refractivity contribution is -0.118. The number of hydrogen-bond acceptors (Lipinski definition) is 7. The molecule has 1 amide bonds. The zero-order valence-corrected chi connectivity index (χ0v) is 11.8. The number of carbonyl (C=O) groups is 2. The number of amides is 1. The normalized spacial score (nSPS) is 10.2. The van der Waals surface area contributed by atoms with E-state index in [1.54, 1.807) is 6.92 Å². The number of aromatic nitrogens is 2. The summed E-state index contributed by atoms with van der Waals surface area (Å²) in [5, 5.41) is 10.1. The molecule has 1 heterocycles. The predicted octanol–water partition coefficient (Wildman–Crippen LogP) is 1.25. The standard InChI is InChI=1S/C11H17N3O4S/c1-3-5-6-12-8(15)7-19-11-14-13-9(18-11)10(16)17-4-2/h3-7H2,1-2H3,(H,12,15). The summed E-state index contributed by atoms with van der Waals surface area (Å²) in [6.45, 7) is 4.64. The van der Waals surface area contributed by atoms with E-state index >= 15 is 0 Å². The molecular formula is C11H17N3O4S. The van der Waals surface area contributed by atoms with Crippen molar-refractivity contribution in [1.29, 1.82) is 0 Å². The average Bonchev–Trinajstić information content (AvgIpc) is 2.86. The number of ether oxygens (including phenoxy) is 1. The Morgan fingerprint density at radius 2 is 2.16 bits per heavy atom. The van der Waals surface area contributed by atoms with Gasteiger partial charge in [-0.2, -0.15) is 0 Å². The van der Waals surface area contributed by atoms with Crippen LogP contribution >= 0.6 is 11.8 Å². The van der Waals surface area contributed by atoms with Gasteiger partial charge in [0, 0.05) is 6.54 Å². The Bertz CT molecular complexity index is 422. The molecule has 0 unspecified atom stereocenters. The molecular weight excluding hydrogens is 270 g/mol. The third-order valence-electron chi connectivity index (χ3n) is 2.04. The van der Waals surface area contributed by atoms with E-state index in [0.29, 0.717) is 6.54 Å². The molecule has 106 valence electrons. The topological polar surface area (TPSA) is 94.3 Å². The molecule has 0 aliphatic heterocycles. The van der Waals surface area contributed by atoms with E-state index in [1.807, 2.05) is 0 Å². The Kier molecular flexibility index (Phi) is 6.94. The van der Waals surface area contributed by atoms with Gasteiger partial charge in [-0.05, 0) is 13.3 Å². The highest BCUT2D eigenvalue weighted by Gasteiger charge is 2.16. The number of rotatable bonds is 8. The Balaban J connectivity index is 2.33. The van der Waals surface area contributed by atoms with Gasteiger partial charge in [0.1, 0.15) is 0 Å². The van der Waals surface area contributed by atoms with Gasteiger partial charge in [-0.1, -0.05) is 30.2 Å². The van der Waals surface area contributed by atoms with Crippen LogP contribution < -0.4 is 5.32 Å². The van der Waals surface area contributed by atoms with Crippen molar-refractivity contribution >= 4 is 23.6 Å². The van der Waals surface area contributed by atoms with E-state index in [0.717, 1.165) is 24.6 Å². The zero-order chi connectivity index (χ0) is 14.1. The summed E-state index contributed by atoms with van der Waals surface area (Å²) in [7, 11) is 0. The van der Waals surface area contributed by atoms with Gasteiger partial charge >= 0.3 is 11.9 Å². The van der Waals surface area contributed by atoms with Crippen LogP contribution in [0, 0.1) is 0 Å². The van der Waals surface area contributed by atoms with Gasteiger partial charge in [0.2, 0.25) is 5.91 Å². The highest BCUT2D eigenvalue weighted by molar-refractivity contribution is 7.99. The molecule has 1 aromatic rings. The molecule has 0 bridgehead atoms. The van der Waals surface area contributed by atoms with E-state index in [-0.39, 0.29) is 29.4 Å². The van der Waals surface area contributed by atoms with Crippen LogP contribution in [0.15, 0.2) is 9.64 Å². The zero-order valence-electron chi connectivity index (χ0n) is 11.0. The van der Waals surface area contributed by atoms with Crippen molar-refractivity contribution in [2.45, 2.75) is 31.9 Å². The number of hydrogen-bond donors (Lipinski definition) is 1. The maximum atomic E-state index is 11.4. The van der Waals surface area contributed by atoms with E-state index in [1.165, 1.54) is 0 Å². The number of carbonyl (C=O) groups excluding carboxylic acids is 2. The third kappa shape index (κ3) is 5.73. The van der Waals surface area contributed by atoms with Crippen molar-refractivity contribution in [1.82, 2.24) is 15.5 Å². The molecule has 1 rings (SSSR count). The molecule has 0 saturated carbocycles. The summed E-state index contributed by atoms with van der Waals surface area (Å²) in [5.74, 6) is -0.784. The van der Waals surface area contributed by atoms with Gasteiger partial charge in [-0.25, -0.2) is 4.79 Å². The van der Waals surface area contributed by atoms with Crippen molar-refractivity contribution in [2.24, 2.45) is 0 Å². The lowest BCUT2D eigenvalue weighted by Crippen LogP contribution is -2.25. The largest absolute Gasteiger partial charge is 0.459 e. The molecule has 1 aromatic heterocycles. The first-order chi connectivity index (χ1) is 9.17. The molecule has 0 atom stereocenters. The van der Waals surface area contributed by atoms with E-state index in [9.17, 15) is 9.59 Å². The SMILES string of the molecule is CCCCNC(=O)CSc1nnc(C(=O)OCC)o1. The minimum Gasteiger partial charge on any atom is -0.459 e. The first-order valence-electron chi connectivity index (χ1n) is 6.07. The molecule has 8 heteroatoms. The van der Waals surface area contributed by atoms with Gasteiger partial charge in [0.05, 0.1) is 12.4 Å². The lowest BCUT2D eigenvalue weighted by Gasteiger charge is -2.01. The number of nitrogens with one attached hydrogen (secondary N) is 1. The van der Waals surface area contributed by atoms with Crippen molar-refractivity contribution < 1.29 is 18.7 Å². The second-order valence-electron chi connectivity index (χ2n) is 3.59. The van der Waals surface area contributed by atoms with E-state index < -0.39 is 5.97 Å². The van der Waals surface area contributed by atoms with Crippen LogP contribution in [0.25, 0.3) is 0 Å². The third-order valence-corrected chi connectivity index (χ3v) is 2.85. The fourth-order valence-electron chi connectivity index (χ4n) is 1.13. The average molecular weight is 287 g/mol. The highest BCUT2D eigenvalue weighted by Crippen LogP contribution is 2.15. The molecule has 0 aliphatic rings. The van der Waals surface area contributed by atoms with Crippen molar-refractivity contribution in [3.63, 3.8) is 0 Å². The molecule has 1 N–H and O–H groups in total. The summed E-state index contributed by atoms with van der Waals surface area (Å²) < 4.78 is 9.77. The number of esters is 1. The van der Waals surface area contributed by atoms with Crippen LogP contribution in [0.2, 0.25) is 0 Å². The quantitative estimate of drug-likeness (QED) is 0.437. The van der Waals surface area contributed by atoms with Gasteiger partial charge in [-0.15, -0.1) is 5.10 Å². The fourth-order valence-corrected chi connectivity index (χ4v) is 1.72. The summed E-state index contributed by atoms with van der Waals surface area (Å²) in [6, 6.07) is 0. The van der Waals surface area contributed by atoms with Crippen LogP contribution in [-0.2, 0) is 9.53 Å². The summed E-state index contributed by atoms with van der Waals surface area (Å²) >= 11 is 1.08. The van der Waals surface area contributed by atoms with Crippen LogP contribution in [0.3, 0.4) is 0 Å². The Hall–Kier alpha value is -1.57. The molecule has 0 spiro atoms. The van der Waals surface area contributed by atoms with Crippen molar-refractivity contribution in [2.75, 3.05) is 18.9 Å². The predicted molar refractivity (Wildman–Crippen MR) is 68.9 cm³/mol. The van der Waals surface area contributed by atoms with Crippen molar-refractivity contribution in [3.8, 4) is 0 Å². The van der Waals surface area contributed by atoms with Crippen LogP contribution in [0.1, 0.15) is 37.4 Å². The maximum absolute atomic E-state index is 11.4. The highest BCUT2D eigenvalue weighted by atomic mass is 32.2. The van der Waals surface area contributed by atoms with Crippen molar-refractivity contribution in [3.05, 3.63) is 5.89 Å². The van der Waals surface area contributed by atoms with Crippen LogP contribution in [0.5, 0.6) is 0 Å². The van der Waals surface area contributed by atoms with Gasteiger partial charge in [0.15, 0.2) is 0 Å². The Morgan fingerprint density at radius 1 is 1.37 bits per heavy atom. The molecule has 0 fully saturated rings. The van der Waals surface area contributed by atoms with Crippen LogP contribution in [0.4, 0.5) is 0 Å². The van der Waals surface area contributed by atoms with E-state index in [4.69, 9.17) is 9.15 Å². The molecule has 0 aliphatic carbocycles. The van der Waals surface area contributed by atoms with Gasteiger partial charge < -0.3 is 14.5 Å². The second-order valence-corrected chi connectivity index (χ2v) is 4.51. The molecule has 0 aromatic carbocycles. The first-order valence-corrected chi connectivity index (χ1v) is 7.06. The summed E-state index contributed by atoms with van der Waals surface area (Å²) in [5.41, 5.74) is 0. The van der Waals surface area contributed by atoms with Gasteiger partial charge in [-0.3, -0.25) is 4.79 Å². The smallest absolute Gasteiger partial charge is 0.396 e. The lowest BCUT2D eigenvalue weighted by atomic mass is 10.3. The first kappa shape index (κ1) is 15.5. The minimum absolute atomic E-state index is 0.102. The van der Waals surface area contributed by atoms with E-state index in [2.05, 4.69) is 22.4 Å². The number of thioether (sulfide) groups is 1. The molecule has 0 saturated heterocycles. The molecule has 7 nitrogen and oxygen atoms in total. The summed E-state index contributed by atoms with van der Waals surface area (Å²) in [4.78, 5) is 22.7. The number of unbranched alkanes of at least 4 members (excludes halogenated alkanes) is 1. The minimum atomic E-state index is -0.658. The summed E-state index contributed by atoms with van der Waals surface area (Å²) in [6.07, 6.45) is 1.98. The second kappa shape index (κ2) is 8.52. The Morgan fingerprint density at radius 3 is 2.84 bits per heavy atom. The van der Waals surface area contributed by atoms with Gasteiger partial charge in [0.25, 0.3) is 5.22 Å². The molecule has 0 radical (unpaired) electrons. The van der Waals surface area contributed by atoms with Crippen LogP contribution in [-0.4, -0.2) is 41.0 Å². The monoisotopic (exact) mass is 287 g/mol. The molecule has 19 heavy (non-hydrogen) atoms. The maximum Gasteiger partial charge on any atom is 0.396 e. The number of nitrogens with zero attached hydrogens (tertiary/aromatic N) is 2. The fraction of sp³-hybridized carbons (Fsp3) is 0.636. The Labute approximate surface area is 115 Å².